The fourth-order valence-electron chi connectivity index (χ4n) is 20.9. The number of rotatable bonds is 6. The van der Waals surface area contributed by atoms with Crippen LogP contribution < -0.4 is 0 Å². The van der Waals surface area contributed by atoms with Gasteiger partial charge in [-0.2, -0.15) is 0 Å². The number of hydrogen-bond acceptors (Lipinski definition) is 0. The van der Waals surface area contributed by atoms with Gasteiger partial charge < -0.3 is 0 Å². The summed E-state index contributed by atoms with van der Waals surface area (Å²) < 4.78 is 0. The van der Waals surface area contributed by atoms with E-state index in [0.29, 0.717) is 0 Å². The number of hydrogen-bond donors (Lipinski definition) is 0. The van der Waals surface area contributed by atoms with Gasteiger partial charge in [0.25, 0.3) is 0 Å². The summed E-state index contributed by atoms with van der Waals surface area (Å²) in [6.45, 7) is 0. The summed E-state index contributed by atoms with van der Waals surface area (Å²) in [6, 6.07) is 175. The fourth-order valence-corrected chi connectivity index (χ4v) is 20.9. The maximum absolute atomic E-state index is 2.39. The minimum atomic E-state index is 1.25. The first-order valence-electron chi connectivity index (χ1n) is 43.8. The predicted molar refractivity (Wildman–Crippen MR) is 547 cm³/mol. The van der Waals surface area contributed by atoms with Gasteiger partial charge in [-0.05, 0) is 358 Å². The van der Waals surface area contributed by atoms with Crippen molar-refractivity contribution in [3.05, 3.63) is 473 Å². The summed E-state index contributed by atoms with van der Waals surface area (Å²) in [6.07, 6.45) is 0. The van der Waals surface area contributed by atoms with Gasteiger partial charge in [0.2, 0.25) is 0 Å². The molecular formula is C126H78. The van der Waals surface area contributed by atoms with E-state index in [2.05, 4.69) is 473 Å². The molecule has 0 saturated carbocycles. The second-order valence-corrected chi connectivity index (χ2v) is 34.0. The van der Waals surface area contributed by atoms with E-state index in [9.17, 15) is 0 Å². The first-order chi connectivity index (χ1) is 62.4. The average Bonchev–Trinajstić information content (AvgIpc) is 0.726. The number of benzene rings is 27. The highest BCUT2D eigenvalue weighted by atomic mass is 14.3. The Bertz CT molecular complexity index is 8600. The molecule has 0 nitrogen and oxygen atoms in total. The van der Waals surface area contributed by atoms with Crippen LogP contribution in [0.4, 0.5) is 0 Å². The van der Waals surface area contributed by atoms with Crippen LogP contribution in [0, 0.1) is 0 Å². The van der Waals surface area contributed by atoms with Crippen molar-refractivity contribution in [3.63, 3.8) is 0 Å². The van der Waals surface area contributed by atoms with Gasteiger partial charge in [0, 0.05) is 0 Å². The van der Waals surface area contributed by atoms with Crippen LogP contribution in [0.2, 0.25) is 0 Å². The summed E-state index contributed by atoms with van der Waals surface area (Å²) in [4.78, 5) is 0. The van der Waals surface area contributed by atoms with E-state index >= 15 is 0 Å². The quantitative estimate of drug-likeness (QED) is 0.146. The molecule has 27 aromatic rings. The van der Waals surface area contributed by atoms with E-state index in [4.69, 9.17) is 0 Å². The van der Waals surface area contributed by atoms with Crippen LogP contribution in [0.3, 0.4) is 0 Å². The predicted octanol–water partition coefficient (Wildman–Crippen LogP) is 35.8. The second kappa shape index (κ2) is 29.8. The van der Waals surface area contributed by atoms with E-state index in [1.54, 1.807) is 0 Å². The molecule has 126 heavy (non-hydrogen) atoms. The monoisotopic (exact) mass is 1590 g/mol. The van der Waals surface area contributed by atoms with Gasteiger partial charge in [0.05, 0.1) is 0 Å². The average molecular weight is 1590 g/mol. The highest BCUT2D eigenvalue weighted by Gasteiger charge is 2.23. The van der Waals surface area contributed by atoms with Crippen LogP contribution in [-0.2, 0) is 0 Å². The zero-order chi connectivity index (χ0) is 82.9. The first-order valence-corrected chi connectivity index (χ1v) is 43.8. The van der Waals surface area contributed by atoms with Gasteiger partial charge >= 0.3 is 0 Å². The smallest absolute Gasteiger partial charge is 0.00201 e. The van der Waals surface area contributed by atoms with Crippen LogP contribution in [0.1, 0.15) is 0 Å². The molecule has 0 amide bonds. The molecule has 0 aliphatic carbocycles. The molecule has 0 heteroatoms. The molecule has 0 aliphatic heterocycles. The minimum absolute atomic E-state index is 1.25. The summed E-state index contributed by atoms with van der Waals surface area (Å²) in [5, 5.41) is 45.9. The number of fused-ring (bicyclic) bond motifs is 18. The second-order valence-electron chi connectivity index (χ2n) is 34.0. The Kier molecular flexibility index (Phi) is 17.1. The van der Waals surface area contributed by atoms with Crippen molar-refractivity contribution in [3.8, 4) is 66.8 Å². The molecule has 0 aromatic heterocycles. The molecule has 0 spiro atoms. The maximum Gasteiger partial charge on any atom is -0.00201 e. The lowest BCUT2D eigenvalue weighted by Crippen LogP contribution is -1.92. The van der Waals surface area contributed by atoms with E-state index in [1.807, 2.05) is 0 Å². The van der Waals surface area contributed by atoms with E-state index < -0.39 is 0 Å². The van der Waals surface area contributed by atoms with Gasteiger partial charge in [0.15, 0.2) is 0 Å². The molecular weight excluding hydrogens is 1510 g/mol. The Labute approximate surface area is 728 Å². The lowest BCUT2D eigenvalue weighted by atomic mass is 9.83. The van der Waals surface area contributed by atoms with Crippen molar-refractivity contribution in [1.29, 1.82) is 0 Å². The Morgan fingerprint density at radius 2 is 0.254 bits per heavy atom. The lowest BCUT2D eigenvalue weighted by Gasteiger charge is -2.20. The minimum Gasteiger partial charge on any atom is -0.0616 e. The first kappa shape index (κ1) is 72.4. The maximum atomic E-state index is 2.39. The van der Waals surface area contributed by atoms with Crippen molar-refractivity contribution in [1.82, 2.24) is 0 Å². The molecule has 0 unspecified atom stereocenters. The SMILES string of the molecule is c1ccc2cc3c(-c4c5ccccc5c(-c5cccc6cc7ccccc7cc56)c5ccccc45)cccc3cc2c1.c1ccc2cc3c(-c4ccc(-c5cccc6cc7ccccc7cc56)c5cc6ccccc6cc45)cccc3cc2c1.c1ccc2cc3cc(-c4c5ccccc5c(-c5ccc6cc7ccccc7cc6c5)c5ccccc45)ccc3cc2c1. The van der Waals surface area contributed by atoms with Crippen molar-refractivity contribution in [2.45, 2.75) is 0 Å². The molecule has 27 aromatic carbocycles. The Hall–Kier alpha value is -16.4. The van der Waals surface area contributed by atoms with Gasteiger partial charge in [-0.25, -0.2) is 0 Å². The zero-order valence-corrected chi connectivity index (χ0v) is 69.0. The molecule has 0 saturated heterocycles. The van der Waals surface area contributed by atoms with Crippen LogP contribution >= 0.6 is 0 Å². The van der Waals surface area contributed by atoms with Crippen molar-refractivity contribution >= 4 is 194 Å². The Balaban J connectivity index is 0.000000103. The highest BCUT2D eigenvalue weighted by Crippen LogP contribution is 2.51. The third-order valence-electron chi connectivity index (χ3n) is 26.8. The van der Waals surface area contributed by atoms with Crippen LogP contribution in [-0.4, -0.2) is 0 Å². The Morgan fingerprint density at radius 1 is 0.0794 bits per heavy atom. The summed E-state index contributed by atoms with van der Waals surface area (Å²) in [5.74, 6) is 0. The van der Waals surface area contributed by atoms with E-state index in [0.717, 1.165) is 0 Å². The molecule has 27 rings (SSSR count). The molecule has 0 heterocycles. The normalized spacial score (nSPS) is 11.8. The van der Waals surface area contributed by atoms with Crippen molar-refractivity contribution < 1.29 is 0 Å². The van der Waals surface area contributed by atoms with Gasteiger partial charge in [-0.3, -0.25) is 0 Å². The molecule has 0 fully saturated rings. The third-order valence-corrected chi connectivity index (χ3v) is 26.8. The van der Waals surface area contributed by atoms with Crippen LogP contribution in [0.15, 0.2) is 473 Å². The van der Waals surface area contributed by atoms with E-state index in [1.165, 1.54) is 261 Å². The summed E-state index contributed by atoms with van der Waals surface area (Å²) in [7, 11) is 0. The standard InChI is InChI=1S/3C42H26/c1-3-13-29-25-39-31(23-27(29)11-1)15-9-21-37(39)41-33-17-5-7-19-35(33)42(36-20-8-6-18-34(36)41)38-22-10-16-32-24-28-12-2-4-14-30(28)26-40(32)38;1-3-11-29-23-35-25-33(19-17-31(35)21-27(29)9-1)41-37-13-5-7-15-39(37)42(40-16-8-6-14-38(40)41)34-20-18-32-22-28-10-2-4-12-30(28)24-36(32)26-34;1-3-11-29-23-39-33(21-27(29)9-1)15-7-17-35(39)37-19-20-38(42-26-32-14-6-5-13-31(32)25-41(37)42)36-18-8-16-34-22-28-10-2-4-12-30(28)24-40(34)36/h3*1-26H. The molecule has 582 valence electrons. The molecule has 0 aliphatic rings. The summed E-state index contributed by atoms with van der Waals surface area (Å²) >= 11 is 0. The van der Waals surface area contributed by atoms with Crippen molar-refractivity contribution in [2.75, 3.05) is 0 Å². The van der Waals surface area contributed by atoms with E-state index in [-0.39, 0.29) is 0 Å². The van der Waals surface area contributed by atoms with Gasteiger partial charge in [0.1, 0.15) is 0 Å². The molecule has 0 atom stereocenters. The zero-order valence-electron chi connectivity index (χ0n) is 69.0. The third kappa shape index (κ3) is 12.3. The van der Waals surface area contributed by atoms with Gasteiger partial charge in [-0.15, -0.1) is 0 Å². The molecule has 0 N–H and O–H groups in total. The summed E-state index contributed by atoms with van der Waals surface area (Å²) in [5.41, 5.74) is 15.3. The Morgan fingerprint density at radius 3 is 0.516 bits per heavy atom. The van der Waals surface area contributed by atoms with Gasteiger partial charge in [-0.1, -0.05) is 376 Å². The fraction of sp³-hybridized carbons (Fsp3) is 0. The lowest BCUT2D eigenvalue weighted by molar-refractivity contribution is 1.68. The largest absolute Gasteiger partial charge is 0.0616 e. The molecule has 0 radical (unpaired) electrons. The van der Waals surface area contributed by atoms with Crippen LogP contribution in [0.25, 0.3) is 261 Å². The van der Waals surface area contributed by atoms with Crippen LogP contribution in [0.5, 0.6) is 0 Å². The van der Waals surface area contributed by atoms with Crippen molar-refractivity contribution in [2.24, 2.45) is 0 Å². The highest BCUT2D eigenvalue weighted by molar-refractivity contribution is 6.28. The molecule has 0 bridgehead atoms. The topological polar surface area (TPSA) is 0 Å².